The van der Waals surface area contributed by atoms with Crippen LogP contribution in [0.1, 0.15) is 19.2 Å². The molecule has 1 N–H and O–H groups in total. The van der Waals surface area contributed by atoms with E-state index in [1.54, 1.807) is 0 Å². The number of aromatic nitrogens is 3. The van der Waals surface area contributed by atoms with E-state index in [4.69, 9.17) is 4.74 Å². The molecule has 22 heavy (non-hydrogen) atoms. The Kier molecular flexibility index (Phi) is 4.11. The number of nitrogens with one attached hydrogen (secondary N) is 1. The van der Waals surface area contributed by atoms with Crippen molar-refractivity contribution in [3.05, 3.63) is 48.4 Å². The highest BCUT2D eigenvalue weighted by Gasteiger charge is 2.18. The largest absolute Gasteiger partial charge is 0.618 e. The van der Waals surface area contributed by atoms with E-state index >= 15 is 0 Å². The lowest BCUT2D eigenvalue weighted by Gasteiger charge is -2.12. The molecule has 0 spiro atoms. The van der Waals surface area contributed by atoms with Crippen LogP contribution in [0.5, 0.6) is 0 Å². The normalized spacial score (nSPS) is 11.4. The molecule has 0 aliphatic carbocycles. The van der Waals surface area contributed by atoms with Gasteiger partial charge in [0, 0.05) is 19.2 Å². The molecule has 0 fully saturated rings. The third-order valence-electron chi connectivity index (χ3n) is 3.49. The molecule has 3 rings (SSSR count). The van der Waals surface area contributed by atoms with E-state index in [-0.39, 0.29) is 0 Å². The first kappa shape index (κ1) is 14.6. The van der Waals surface area contributed by atoms with Gasteiger partial charge in [-0.25, -0.2) is 9.66 Å². The van der Waals surface area contributed by atoms with Crippen molar-refractivity contribution in [2.24, 2.45) is 0 Å². The van der Waals surface area contributed by atoms with Gasteiger partial charge in [0.25, 0.3) is 0 Å². The van der Waals surface area contributed by atoms with Crippen LogP contribution in [0.3, 0.4) is 0 Å². The summed E-state index contributed by atoms with van der Waals surface area (Å²) in [6, 6.07) is 7.51. The van der Waals surface area contributed by atoms with E-state index in [1.165, 1.54) is 6.20 Å². The molecule has 0 saturated carbocycles. The molecule has 0 aliphatic rings. The van der Waals surface area contributed by atoms with Crippen molar-refractivity contribution in [3.63, 3.8) is 0 Å². The lowest BCUT2D eigenvalue weighted by Crippen LogP contribution is -2.26. The van der Waals surface area contributed by atoms with E-state index in [0.717, 1.165) is 27.9 Å². The molecule has 2 heterocycles. The van der Waals surface area contributed by atoms with Crippen LogP contribution in [0.2, 0.25) is 0 Å². The molecule has 0 aliphatic heterocycles. The Labute approximate surface area is 128 Å². The zero-order chi connectivity index (χ0) is 15.5. The Balaban J connectivity index is 2.25. The maximum atomic E-state index is 12.1. The van der Waals surface area contributed by atoms with Crippen molar-refractivity contribution in [1.82, 2.24) is 9.66 Å². The summed E-state index contributed by atoms with van der Waals surface area (Å²) in [7, 11) is 0. The molecule has 0 unspecified atom stereocenters. The molecule has 3 aromatic rings. The van der Waals surface area contributed by atoms with Gasteiger partial charge < -0.3 is 15.4 Å². The number of pyridine rings is 1. The number of imidazole rings is 1. The van der Waals surface area contributed by atoms with Crippen molar-refractivity contribution in [2.45, 2.75) is 20.0 Å². The lowest BCUT2D eigenvalue weighted by atomic mass is 10.2. The first-order chi connectivity index (χ1) is 10.8. The van der Waals surface area contributed by atoms with E-state index in [0.29, 0.717) is 30.8 Å². The Morgan fingerprint density at radius 3 is 3.00 bits per heavy atom. The SMILES string of the molecule is [CH2]CCNn1c(COCC)nc2c[n+]([O-])c3ccccc3c21. The topological polar surface area (TPSA) is 66.0 Å². The number of para-hydroxylation sites is 1. The molecule has 0 saturated heterocycles. The molecule has 0 bridgehead atoms. The summed E-state index contributed by atoms with van der Waals surface area (Å²) >= 11 is 0. The van der Waals surface area contributed by atoms with Crippen LogP contribution in [0.4, 0.5) is 0 Å². The molecule has 6 nitrogen and oxygen atoms in total. The average molecular weight is 299 g/mol. The van der Waals surface area contributed by atoms with E-state index in [9.17, 15) is 5.21 Å². The fourth-order valence-electron chi connectivity index (χ4n) is 2.53. The highest BCUT2D eigenvalue weighted by Crippen LogP contribution is 2.23. The smallest absolute Gasteiger partial charge is 0.226 e. The van der Waals surface area contributed by atoms with Crippen molar-refractivity contribution < 1.29 is 9.47 Å². The standard InChI is InChI=1S/C16H19N4O2/c1-3-9-17-20-15(11-22-4-2)18-13-10-19(21)14-8-6-5-7-12(14)16(13)20/h5-8,10,17H,1,3-4,9,11H2,2H3. The van der Waals surface area contributed by atoms with Crippen molar-refractivity contribution in [1.29, 1.82) is 0 Å². The number of rotatable bonds is 6. The first-order valence-corrected chi connectivity index (χ1v) is 7.39. The quantitative estimate of drug-likeness (QED) is 0.559. The Bertz CT molecular complexity index is 798. The highest BCUT2D eigenvalue weighted by atomic mass is 16.5. The third-order valence-corrected chi connectivity index (χ3v) is 3.49. The van der Waals surface area contributed by atoms with Crippen LogP contribution in [0.25, 0.3) is 21.9 Å². The number of fused-ring (bicyclic) bond motifs is 3. The number of hydrogen-bond acceptors (Lipinski definition) is 4. The van der Waals surface area contributed by atoms with E-state index in [1.807, 2.05) is 35.9 Å². The lowest BCUT2D eigenvalue weighted by molar-refractivity contribution is -0.575. The Morgan fingerprint density at radius 1 is 1.41 bits per heavy atom. The minimum Gasteiger partial charge on any atom is -0.618 e. The summed E-state index contributed by atoms with van der Waals surface area (Å²) in [4.78, 5) is 4.55. The zero-order valence-electron chi connectivity index (χ0n) is 12.6. The van der Waals surface area contributed by atoms with Crippen LogP contribution >= 0.6 is 0 Å². The van der Waals surface area contributed by atoms with Gasteiger partial charge in [-0.1, -0.05) is 19.1 Å². The van der Waals surface area contributed by atoms with Crippen molar-refractivity contribution in [2.75, 3.05) is 18.6 Å². The second kappa shape index (κ2) is 6.19. The summed E-state index contributed by atoms with van der Waals surface area (Å²) < 4.78 is 8.27. The maximum Gasteiger partial charge on any atom is 0.226 e. The molecule has 2 aromatic heterocycles. The molecule has 6 heteroatoms. The van der Waals surface area contributed by atoms with Crippen LogP contribution in [-0.4, -0.2) is 22.8 Å². The highest BCUT2D eigenvalue weighted by molar-refractivity contribution is 6.00. The minimum atomic E-state index is 0.391. The van der Waals surface area contributed by atoms with Gasteiger partial charge in [-0.05, 0) is 19.4 Å². The molecular formula is C16H19N4O2. The predicted molar refractivity (Wildman–Crippen MR) is 85.7 cm³/mol. The summed E-state index contributed by atoms with van der Waals surface area (Å²) in [6.45, 7) is 7.51. The number of ether oxygens (including phenoxy) is 1. The van der Waals surface area contributed by atoms with Gasteiger partial charge in [0.1, 0.15) is 12.1 Å². The minimum absolute atomic E-state index is 0.391. The van der Waals surface area contributed by atoms with Crippen LogP contribution < -0.4 is 10.2 Å². The van der Waals surface area contributed by atoms with Gasteiger partial charge >= 0.3 is 0 Å². The second-order valence-corrected chi connectivity index (χ2v) is 4.97. The van der Waals surface area contributed by atoms with Gasteiger partial charge in [0.2, 0.25) is 11.7 Å². The second-order valence-electron chi connectivity index (χ2n) is 4.97. The predicted octanol–water partition coefficient (Wildman–Crippen LogP) is 2.13. The van der Waals surface area contributed by atoms with Gasteiger partial charge in [-0.3, -0.25) is 0 Å². The molecule has 1 radical (unpaired) electrons. The summed E-state index contributed by atoms with van der Waals surface area (Å²) in [6.07, 6.45) is 2.26. The van der Waals surface area contributed by atoms with Crippen molar-refractivity contribution in [3.8, 4) is 0 Å². The zero-order valence-corrected chi connectivity index (χ0v) is 12.6. The molecule has 1 aromatic carbocycles. The number of nitrogens with zero attached hydrogens (tertiary/aromatic N) is 3. The van der Waals surface area contributed by atoms with Crippen LogP contribution in [0.15, 0.2) is 30.5 Å². The monoisotopic (exact) mass is 299 g/mol. The first-order valence-electron chi connectivity index (χ1n) is 7.39. The van der Waals surface area contributed by atoms with Gasteiger partial charge in [-0.2, -0.15) is 4.73 Å². The summed E-state index contributed by atoms with van der Waals surface area (Å²) in [5.41, 5.74) is 5.47. The van der Waals surface area contributed by atoms with Gasteiger partial charge in [0.05, 0.1) is 5.39 Å². The molecule has 0 atom stereocenters. The Hall–Kier alpha value is -2.34. The van der Waals surface area contributed by atoms with Crippen LogP contribution in [-0.2, 0) is 11.3 Å². The summed E-state index contributed by atoms with van der Waals surface area (Å²) in [5.74, 6) is 0.752. The van der Waals surface area contributed by atoms with E-state index < -0.39 is 0 Å². The fraction of sp³-hybridized carbons (Fsp3) is 0.312. The van der Waals surface area contributed by atoms with Crippen molar-refractivity contribution >= 4 is 21.9 Å². The molecule has 0 amide bonds. The summed E-state index contributed by atoms with van der Waals surface area (Å²) in [5, 5.41) is 13.0. The number of hydrogen-bond donors (Lipinski definition) is 1. The molecular weight excluding hydrogens is 280 g/mol. The third kappa shape index (κ3) is 2.46. The van der Waals surface area contributed by atoms with Gasteiger partial charge in [-0.15, -0.1) is 0 Å². The Morgan fingerprint density at radius 2 is 2.23 bits per heavy atom. The van der Waals surface area contributed by atoms with Crippen LogP contribution in [0, 0.1) is 12.1 Å². The maximum absolute atomic E-state index is 12.1. The average Bonchev–Trinajstić information content (AvgIpc) is 2.88. The fourth-order valence-corrected chi connectivity index (χ4v) is 2.53. The number of benzene rings is 1. The van der Waals surface area contributed by atoms with E-state index in [2.05, 4.69) is 17.3 Å². The van der Waals surface area contributed by atoms with Gasteiger partial charge in [0.15, 0.2) is 11.3 Å². The molecule has 115 valence electrons.